The number of likely N-dealkylation sites (tertiary alicyclic amines) is 1. The van der Waals surface area contributed by atoms with Crippen LogP contribution in [0.5, 0.6) is 0 Å². The third-order valence-electron chi connectivity index (χ3n) is 5.35. The zero-order chi connectivity index (χ0) is 18.7. The van der Waals surface area contributed by atoms with Gasteiger partial charge in [0.2, 0.25) is 5.91 Å². The highest BCUT2D eigenvalue weighted by atomic mass is 16.5. The second-order valence-electron chi connectivity index (χ2n) is 7.19. The van der Waals surface area contributed by atoms with E-state index < -0.39 is 0 Å². The normalized spacial score (nSPS) is 21.6. The number of hydrogen-bond donors (Lipinski definition) is 0. The summed E-state index contributed by atoms with van der Waals surface area (Å²) in [5.74, 6) is 0.666. The SMILES string of the molecule is CC.CCC(C)OCCCN1CCN(C(=O)C2CCN(C)CC2)CC1. The molecule has 5 nitrogen and oxygen atoms in total. The van der Waals surface area contributed by atoms with Gasteiger partial charge >= 0.3 is 0 Å². The highest BCUT2D eigenvalue weighted by Crippen LogP contribution is 2.19. The molecule has 0 N–H and O–H groups in total. The fourth-order valence-electron chi connectivity index (χ4n) is 3.40. The summed E-state index contributed by atoms with van der Waals surface area (Å²) in [5, 5.41) is 0. The van der Waals surface area contributed by atoms with Gasteiger partial charge < -0.3 is 14.5 Å². The number of carbonyl (C=O) groups excluding carboxylic acids is 1. The molecule has 0 aromatic rings. The molecule has 2 aliphatic rings. The van der Waals surface area contributed by atoms with Gasteiger partial charge in [0.15, 0.2) is 0 Å². The maximum absolute atomic E-state index is 12.6. The molecule has 2 saturated heterocycles. The number of nitrogens with zero attached hydrogens (tertiary/aromatic N) is 3. The van der Waals surface area contributed by atoms with E-state index in [1.807, 2.05) is 13.8 Å². The number of hydrogen-bond acceptors (Lipinski definition) is 4. The van der Waals surface area contributed by atoms with E-state index in [0.717, 1.165) is 78.1 Å². The summed E-state index contributed by atoms with van der Waals surface area (Å²) >= 11 is 0. The lowest BCUT2D eigenvalue weighted by Gasteiger charge is -2.38. The molecule has 0 aliphatic carbocycles. The van der Waals surface area contributed by atoms with Crippen molar-refractivity contribution in [2.45, 2.75) is 59.5 Å². The van der Waals surface area contributed by atoms with Crippen LogP contribution in [0, 0.1) is 5.92 Å². The Kier molecular flexibility index (Phi) is 11.3. The Hall–Kier alpha value is -0.650. The van der Waals surface area contributed by atoms with Crippen molar-refractivity contribution in [3.63, 3.8) is 0 Å². The van der Waals surface area contributed by atoms with Crippen molar-refractivity contribution in [2.24, 2.45) is 5.92 Å². The van der Waals surface area contributed by atoms with Crippen LogP contribution in [-0.2, 0) is 9.53 Å². The Morgan fingerprint density at radius 3 is 2.24 bits per heavy atom. The number of piperazine rings is 1. The monoisotopic (exact) mass is 355 g/mol. The summed E-state index contributed by atoms with van der Waals surface area (Å²) in [7, 11) is 2.14. The van der Waals surface area contributed by atoms with Gasteiger partial charge in [-0.05, 0) is 52.7 Å². The maximum atomic E-state index is 12.6. The predicted molar refractivity (Wildman–Crippen MR) is 105 cm³/mol. The van der Waals surface area contributed by atoms with Crippen molar-refractivity contribution in [2.75, 3.05) is 59.5 Å². The lowest BCUT2D eigenvalue weighted by atomic mass is 9.95. The first-order valence-electron chi connectivity index (χ1n) is 10.4. The van der Waals surface area contributed by atoms with Crippen LogP contribution in [0.15, 0.2) is 0 Å². The van der Waals surface area contributed by atoms with Crippen LogP contribution in [0.25, 0.3) is 0 Å². The second kappa shape index (κ2) is 12.7. The van der Waals surface area contributed by atoms with E-state index in [4.69, 9.17) is 4.74 Å². The molecule has 0 bridgehead atoms. The molecule has 0 aromatic heterocycles. The first kappa shape index (κ1) is 22.4. The van der Waals surface area contributed by atoms with E-state index in [0.29, 0.717) is 12.0 Å². The van der Waals surface area contributed by atoms with Gasteiger partial charge in [0, 0.05) is 45.2 Å². The van der Waals surface area contributed by atoms with E-state index in [-0.39, 0.29) is 5.92 Å². The lowest BCUT2D eigenvalue weighted by molar-refractivity contribution is -0.138. The van der Waals surface area contributed by atoms with Crippen molar-refractivity contribution in [3.05, 3.63) is 0 Å². The summed E-state index contributed by atoms with van der Waals surface area (Å²) in [6, 6.07) is 0. The fraction of sp³-hybridized carbons (Fsp3) is 0.950. The van der Waals surface area contributed by atoms with Gasteiger partial charge in [0.05, 0.1) is 6.10 Å². The molecule has 1 unspecified atom stereocenters. The Morgan fingerprint density at radius 1 is 1.08 bits per heavy atom. The zero-order valence-electron chi connectivity index (χ0n) is 17.3. The molecule has 2 heterocycles. The van der Waals surface area contributed by atoms with Gasteiger partial charge in [-0.25, -0.2) is 0 Å². The van der Waals surface area contributed by atoms with Crippen LogP contribution in [0.3, 0.4) is 0 Å². The number of amides is 1. The first-order valence-corrected chi connectivity index (χ1v) is 10.4. The number of piperidine rings is 1. The zero-order valence-corrected chi connectivity index (χ0v) is 17.3. The van der Waals surface area contributed by atoms with Crippen LogP contribution >= 0.6 is 0 Å². The second-order valence-corrected chi connectivity index (χ2v) is 7.19. The summed E-state index contributed by atoms with van der Waals surface area (Å²) in [6.07, 6.45) is 4.61. The Balaban J connectivity index is 0.00000151. The molecular weight excluding hydrogens is 314 g/mol. The molecule has 2 fully saturated rings. The van der Waals surface area contributed by atoms with E-state index in [2.05, 4.69) is 35.6 Å². The maximum Gasteiger partial charge on any atom is 0.225 e. The van der Waals surface area contributed by atoms with Crippen LogP contribution in [0.4, 0.5) is 0 Å². The molecule has 0 spiro atoms. The summed E-state index contributed by atoms with van der Waals surface area (Å²) < 4.78 is 5.73. The minimum atomic E-state index is 0.265. The molecule has 2 aliphatic heterocycles. The average molecular weight is 356 g/mol. The van der Waals surface area contributed by atoms with Gasteiger partial charge in [-0.2, -0.15) is 0 Å². The summed E-state index contributed by atoms with van der Waals surface area (Å²) in [6.45, 7) is 16.2. The summed E-state index contributed by atoms with van der Waals surface area (Å²) in [5.41, 5.74) is 0. The third-order valence-corrected chi connectivity index (χ3v) is 5.35. The van der Waals surface area contributed by atoms with Crippen molar-refractivity contribution in [1.29, 1.82) is 0 Å². The molecular formula is C20H41N3O2. The smallest absolute Gasteiger partial charge is 0.225 e. The highest BCUT2D eigenvalue weighted by Gasteiger charge is 2.29. The predicted octanol–water partition coefficient (Wildman–Crippen LogP) is 2.70. The number of rotatable bonds is 7. The molecule has 25 heavy (non-hydrogen) atoms. The van der Waals surface area contributed by atoms with E-state index in [1.54, 1.807) is 0 Å². The van der Waals surface area contributed by atoms with Gasteiger partial charge in [0.1, 0.15) is 0 Å². The van der Waals surface area contributed by atoms with Crippen molar-refractivity contribution >= 4 is 5.91 Å². The topological polar surface area (TPSA) is 36.0 Å². The minimum absolute atomic E-state index is 0.265. The number of carbonyl (C=O) groups is 1. The molecule has 2 rings (SSSR count). The highest BCUT2D eigenvalue weighted by molar-refractivity contribution is 5.79. The minimum Gasteiger partial charge on any atom is -0.378 e. The van der Waals surface area contributed by atoms with E-state index in [1.165, 1.54) is 0 Å². The quantitative estimate of drug-likeness (QED) is 0.658. The lowest BCUT2D eigenvalue weighted by Crippen LogP contribution is -2.51. The standard InChI is InChI=1S/C18H35N3O2.C2H6/c1-4-16(2)23-15-5-8-20-11-13-21(14-12-20)18(22)17-6-9-19(3)10-7-17;1-2/h16-17H,4-15H2,1-3H3;1-2H3. The molecule has 1 atom stereocenters. The molecule has 0 saturated carbocycles. The Morgan fingerprint density at radius 2 is 1.68 bits per heavy atom. The van der Waals surface area contributed by atoms with Crippen LogP contribution in [0.2, 0.25) is 0 Å². The van der Waals surface area contributed by atoms with Crippen molar-refractivity contribution in [1.82, 2.24) is 14.7 Å². The number of ether oxygens (including phenoxy) is 1. The fourth-order valence-corrected chi connectivity index (χ4v) is 3.40. The molecule has 0 aromatic carbocycles. The molecule has 148 valence electrons. The van der Waals surface area contributed by atoms with Gasteiger partial charge in [-0.1, -0.05) is 20.8 Å². The van der Waals surface area contributed by atoms with Gasteiger partial charge in [0.25, 0.3) is 0 Å². The van der Waals surface area contributed by atoms with Crippen LogP contribution in [0.1, 0.15) is 53.4 Å². The summed E-state index contributed by atoms with van der Waals surface area (Å²) in [4.78, 5) is 19.5. The van der Waals surface area contributed by atoms with Crippen molar-refractivity contribution in [3.8, 4) is 0 Å². The molecule has 0 radical (unpaired) electrons. The molecule has 5 heteroatoms. The van der Waals surface area contributed by atoms with Crippen molar-refractivity contribution < 1.29 is 9.53 Å². The van der Waals surface area contributed by atoms with Gasteiger partial charge in [-0.15, -0.1) is 0 Å². The van der Waals surface area contributed by atoms with E-state index in [9.17, 15) is 4.79 Å². The van der Waals surface area contributed by atoms with Crippen LogP contribution in [-0.4, -0.2) is 86.2 Å². The van der Waals surface area contributed by atoms with Gasteiger partial charge in [-0.3, -0.25) is 9.69 Å². The largest absolute Gasteiger partial charge is 0.378 e. The first-order chi connectivity index (χ1) is 12.1. The Labute approximate surface area is 155 Å². The Bertz CT molecular complexity index is 349. The average Bonchev–Trinajstić information content (AvgIpc) is 2.67. The third kappa shape index (κ3) is 8.06. The van der Waals surface area contributed by atoms with E-state index >= 15 is 0 Å². The van der Waals surface area contributed by atoms with Crippen LogP contribution < -0.4 is 0 Å². The molecule has 1 amide bonds.